The summed E-state index contributed by atoms with van der Waals surface area (Å²) < 4.78 is 7.67. The van der Waals surface area contributed by atoms with Gasteiger partial charge in [-0.2, -0.15) is 0 Å². The number of benzene rings is 3. The van der Waals surface area contributed by atoms with Gasteiger partial charge in [-0.15, -0.1) is 0 Å². The number of pyridine rings is 1. The molecule has 0 bridgehead atoms. The number of hydrogen-bond acceptors (Lipinski definition) is 6. The third kappa shape index (κ3) is 6.09. The van der Waals surface area contributed by atoms with Crippen molar-refractivity contribution in [2.75, 3.05) is 18.2 Å². The van der Waals surface area contributed by atoms with Crippen LogP contribution in [-0.2, 0) is 20.1 Å². The first-order valence-electron chi connectivity index (χ1n) is 13.0. The Balaban J connectivity index is 1.54. The van der Waals surface area contributed by atoms with E-state index in [1.165, 1.54) is 11.6 Å². The number of nitrogens with one attached hydrogen (secondary N) is 1. The maximum atomic E-state index is 13.5. The largest absolute Gasteiger partial charge is 0.497 e. The van der Waals surface area contributed by atoms with E-state index >= 15 is 0 Å². The Morgan fingerprint density at radius 3 is 2.24 bits per heavy atom. The molecule has 0 aliphatic rings. The van der Waals surface area contributed by atoms with Crippen molar-refractivity contribution in [3.05, 3.63) is 141 Å². The fourth-order valence-corrected chi connectivity index (χ4v) is 4.40. The number of rotatable bonds is 8. The minimum absolute atomic E-state index is 0.0293. The zero-order valence-electron chi connectivity index (χ0n) is 22.8. The zero-order chi connectivity index (χ0) is 28.8. The van der Waals surface area contributed by atoms with Crippen LogP contribution in [0.5, 0.6) is 5.75 Å². The van der Waals surface area contributed by atoms with Crippen molar-refractivity contribution < 1.29 is 4.74 Å². The van der Waals surface area contributed by atoms with E-state index in [0.717, 1.165) is 32.6 Å². The van der Waals surface area contributed by atoms with Gasteiger partial charge in [-0.05, 0) is 47.5 Å². The summed E-state index contributed by atoms with van der Waals surface area (Å²) in [6.45, 7) is 0.446. The lowest BCUT2D eigenvalue weighted by molar-refractivity contribution is 0.414. The summed E-state index contributed by atoms with van der Waals surface area (Å²) in [5, 5.41) is 3.25. The first kappa shape index (κ1) is 27.1. The van der Waals surface area contributed by atoms with Crippen molar-refractivity contribution in [3.8, 4) is 17.0 Å². The van der Waals surface area contributed by atoms with Gasteiger partial charge in [0.25, 0.3) is 5.56 Å². The van der Waals surface area contributed by atoms with Gasteiger partial charge in [-0.25, -0.2) is 4.79 Å². The molecule has 0 saturated carbocycles. The summed E-state index contributed by atoms with van der Waals surface area (Å²) >= 11 is 0. The first-order chi connectivity index (χ1) is 19.9. The number of methoxy groups -OCH3 is 1. The van der Waals surface area contributed by atoms with E-state index in [9.17, 15) is 9.59 Å². The molecule has 0 aliphatic heterocycles. The van der Waals surface area contributed by atoms with Crippen molar-refractivity contribution in [2.45, 2.75) is 13.1 Å². The second-order valence-electron chi connectivity index (χ2n) is 9.41. The number of anilines is 2. The lowest BCUT2D eigenvalue weighted by Gasteiger charge is -2.18. The van der Waals surface area contributed by atoms with Gasteiger partial charge in [0.2, 0.25) is 0 Å². The molecule has 5 aromatic rings. The number of aromatic nitrogens is 3. The quantitative estimate of drug-likeness (QED) is 0.221. The standard InChI is InChI=1S/C32H30N6O3/c1-37-31(39)28(29(33)38(32(37)40)21-23-13-17-26(41-2)18-14-23)30(36-25-8-4-3-5-9-25)35-20-22-11-15-24(16-12-22)27-10-6-7-19-34-27/h3-19H,20-21,33H2,1-2H3,(H,35,36). The number of amidine groups is 1. The Morgan fingerprint density at radius 1 is 0.902 bits per heavy atom. The highest BCUT2D eigenvalue weighted by Gasteiger charge is 2.21. The SMILES string of the molecule is COc1ccc(Cn2c(N)c(C(=NCc3ccc(-c4ccccn4)cc3)Nc3ccccc3)c(=O)n(C)c2=O)cc1. The van der Waals surface area contributed by atoms with Gasteiger partial charge in [-0.1, -0.05) is 60.7 Å². The van der Waals surface area contributed by atoms with E-state index in [-0.39, 0.29) is 30.3 Å². The number of nitrogens with two attached hydrogens (primary N) is 1. The monoisotopic (exact) mass is 546 g/mol. The number of para-hydroxylation sites is 1. The van der Waals surface area contributed by atoms with E-state index in [4.69, 9.17) is 15.5 Å². The third-order valence-corrected chi connectivity index (χ3v) is 6.69. The van der Waals surface area contributed by atoms with Gasteiger partial charge >= 0.3 is 5.69 Å². The van der Waals surface area contributed by atoms with Gasteiger partial charge in [-0.3, -0.25) is 23.9 Å². The summed E-state index contributed by atoms with van der Waals surface area (Å²) in [5.74, 6) is 0.998. The highest BCUT2D eigenvalue weighted by Crippen LogP contribution is 2.19. The molecular formula is C32H30N6O3. The number of hydrogen-bond donors (Lipinski definition) is 2. The molecule has 3 N–H and O–H groups in total. The number of nitrogens with zero attached hydrogens (tertiary/aromatic N) is 4. The zero-order valence-corrected chi connectivity index (χ0v) is 22.8. The van der Waals surface area contributed by atoms with Gasteiger partial charge in [0.1, 0.15) is 23.0 Å². The molecule has 2 heterocycles. The van der Waals surface area contributed by atoms with Gasteiger partial charge in [0.05, 0.1) is 25.9 Å². The molecule has 0 spiro atoms. The summed E-state index contributed by atoms with van der Waals surface area (Å²) in [7, 11) is 3.03. The van der Waals surface area contributed by atoms with Crippen LogP contribution in [0, 0.1) is 0 Å². The molecule has 0 amide bonds. The molecular weight excluding hydrogens is 516 g/mol. The smallest absolute Gasteiger partial charge is 0.332 e. The Labute approximate surface area is 237 Å². The molecule has 0 atom stereocenters. The second-order valence-corrected chi connectivity index (χ2v) is 9.41. The summed E-state index contributed by atoms with van der Waals surface area (Å²) in [6, 6.07) is 30.4. The van der Waals surface area contributed by atoms with Crippen LogP contribution in [0.25, 0.3) is 11.3 Å². The van der Waals surface area contributed by atoms with E-state index in [2.05, 4.69) is 10.3 Å². The van der Waals surface area contributed by atoms with Crippen LogP contribution in [0.1, 0.15) is 16.7 Å². The van der Waals surface area contributed by atoms with Gasteiger partial charge in [0.15, 0.2) is 0 Å². The van der Waals surface area contributed by atoms with E-state index in [1.54, 1.807) is 13.3 Å². The summed E-state index contributed by atoms with van der Waals surface area (Å²) in [5.41, 5.74) is 9.98. The van der Waals surface area contributed by atoms with Crippen LogP contribution < -0.4 is 27.0 Å². The summed E-state index contributed by atoms with van der Waals surface area (Å²) in [6.07, 6.45) is 1.76. The molecule has 0 radical (unpaired) electrons. The Bertz CT molecular complexity index is 1780. The first-order valence-corrected chi connectivity index (χ1v) is 13.0. The lowest BCUT2D eigenvalue weighted by atomic mass is 10.1. The molecule has 206 valence electrons. The molecule has 3 aromatic carbocycles. The van der Waals surface area contributed by atoms with E-state index < -0.39 is 11.2 Å². The fourth-order valence-electron chi connectivity index (χ4n) is 4.40. The Hall–Kier alpha value is -5.44. The molecule has 0 fully saturated rings. The minimum Gasteiger partial charge on any atom is -0.497 e. The van der Waals surface area contributed by atoms with Crippen molar-refractivity contribution in [3.63, 3.8) is 0 Å². The van der Waals surface area contributed by atoms with Crippen LogP contribution in [0.4, 0.5) is 11.5 Å². The van der Waals surface area contributed by atoms with E-state index in [1.807, 2.05) is 97.1 Å². The maximum Gasteiger partial charge on any atom is 0.332 e. The van der Waals surface area contributed by atoms with Crippen LogP contribution in [0.15, 0.2) is 118 Å². The highest BCUT2D eigenvalue weighted by atomic mass is 16.5. The maximum absolute atomic E-state index is 13.5. The average Bonchev–Trinajstić information content (AvgIpc) is 3.02. The average molecular weight is 547 g/mol. The van der Waals surface area contributed by atoms with Gasteiger partial charge in [0, 0.05) is 24.5 Å². The van der Waals surface area contributed by atoms with Crippen LogP contribution in [-0.4, -0.2) is 27.1 Å². The highest BCUT2D eigenvalue weighted by molar-refractivity contribution is 6.10. The van der Waals surface area contributed by atoms with E-state index in [0.29, 0.717) is 5.75 Å². The van der Waals surface area contributed by atoms with Crippen molar-refractivity contribution in [1.29, 1.82) is 0 Å². The van der Waals surface area contributed by atoms with Crippen molar-refractivity contribution in [2.24, 2.45) is 12.0 Å². The van der Waals surface area contributed by atoms with Crippen molar-refractivity contribution in [1.82, 2.24) is 14.1 Å². The summed E-state index contributed by atoms with van der Waals surface area (Å²) in [4.78, 5) is 35.8. The molecule has 2 aromatic heterocycles. The fraction of sp³-hybridized carbons (Fsp3) is 0.125. The number of aliphatic imine (C=N–C) groups is 1. The predicted molar refractivity (Wildman–Crippen MR) is 162 cm³/mol. The minimum atomic E-state index is -0.536. The van der Waals surface area contributed by atoms with Gasteiger partial charge < -0.3 is 15.8 Å². The molecule has 5 rings (SSSR count). The predicted octanol–water partition coefficient (Wildman–Crippen LogP) is 4.31. The molecule has 0 aliphatic carbocycles. The third-order valence-electron chi connectivity index (χ3n) is 6.69. The van der Waals surface area contributed by atoms with Crippen LogP contribution >= 0.6 is 0 Å². The van der Waals surface area contributed by atoms with Crippen LogP contribution in [0.2, 0.25) is 0 Å². The molecule has 0 saturated heterocycles. The molecule has 9 heteroatoms. The number of ether oxygens (including phenoxy) is 1. The molecule has 9 nitrogen and oxygen atoms in total. The molecule has 0 unspecified atom stereocenters. The second kappa shape index (κ2) is 12.2. The normalized spacial score (nSPS) is 11.3. The number of nitrogen functional groups attached to an aromatic ring is 1. The Morgan fingerprint density at radius 2 is 1.59 bits per heavy atom. The topological polar surface area (TPSA) is 117 Å². The Kier molecular flexibility index (Phi) is 8.05. The van der Waals surface area contributed by atoms with Crippen molar-refractivity contribution >= 4 is 17.3 Å². The molecule has 41 heavy (non-hydrogen) atoms. The lowest BCUT2D eigenvalue weighted by Crippen LogP contribution is -2.43. The van der Waals surface area contributed by atoms with Crippen LogP contribution in [0.3, 0.4) is 0 Å².